The first-order chi connectivity index (χ1) is 7.43. The molecule has 1 aliphatic rings. The van der Waals surface area contributed by atoms with Gasteiger partial charge in [-0.2, -0.15) is 0 Å². The van der Waals surface area contributed by atoms with E-state index in [0.717, 1.165) is 31.6 Å². The summed E-state index contributed by atoms with van der Waals surface area (Å²) in [4.78, 5) is 10.9. The largest absolute Gasteiger partial charge is 0.481 e. The number of carboxylic acids is 1. The maximum atomic E-state index is 10.9. The van der Waals surface area contributed by atoms with E-state index >= 15 is 0 Å². The average Bonchev–Trinajstić information content (AvgIpc) is 2.27. The van der Waals surface area contributed by atoms with Crippen molar-refractivity contribution in [1.29, 1.82) is 0 Å². The lowest BCUT2D eigenvalue weighted by Crippen LogP contribution is -2.36. The lowest BCUT2D eigenvalue weighted by molar-refractivity contribution is -0.145. The lowest BCUT2D eigenvalue weighted by Gasteiger charge is -2.34. The van der Waals surface area contributed by atoms with Crippen LogP contribution < -0.4 is 0 Å². The Hall–Kier alpha value is -0.570. The minimum absolute atomic E-state index is 0.157. The van der Waals surface area contributed by atoms with Gasteiger partial charge in [0, 0.05) is 0 Å². The number of aliphatic hydroxyl groups excluding tert-OH is 1. The Labute approximate surface area is 97.9 Å². The Morgan fingerprint density at radius 1 is 1.19 bits per heavy atom. The molecule has 0 spiro atoms. The highest BCUT2D eigenvalue weighted by Crippen LogP contribution is 2.34. The number of rotatable bonds is 4. The summed E-state index contributed by atoms with van der Waals surface area (Å²) in [6.07, 6.45) is 3.95. The van der Waals surface area contributed by atoms with Crippen LogP contribution in [0.25, 0.3) is 0 Å². The van der Waals surface area contributed by atoms with Crippen LogP contribution in [0.5, 0.6) is 0 Å². The molecule has 2 N–H and O–H groups in total. The van der Waals surface area contributed by atoms with E-state index in [-0.39, 0.29) is 5.92 Å². The van der Waals surface area contributed by atoms with Crippen molar-refractivity contribution in [3.63, 3.8) is 0 Å². The Bertz CT molecular complexity index is 231. The summed E-state index contributed by atoms with van der Waals surface area (Å²) < 4.78 is 0. The van der Waals surface area contributed by atoms with Gasteiger partial charge in [-0.15, -0.1) is 0 Å². The molecular formula is C13H24O3. The van der Waals surface area contributed by atoms with Crippen molar-refractivity contribution in [3.05, 3.63) is 0 Å². The summed E-state index contributed by atoms with van der Waals surface area (Å²) in [7, 11) is 0. The van der Waals surface area contributed by atoms with Crippen molar-refractivity contribution >= 4 is 5.97 Å². The van der Waals surface area contributed by atoms with Crippen molar-refractivity contribution in [2.45, 2.75) is 52.6 Å². The van der Waals surface area contributed by atoms with Gasteiger partial charge in [0.2, 0.25) is 0 Å². The highest BCUT2D eigenvalue weighted by molar-refractivity contribution is 5.69. The molecule has 0 aromatic carbocycles. The maximum Gasteiger partial charge on any atom is 0.306 e. The fourth-order valence-corrected chi connectivity index (χ4v) is 2.58. The van der Waals surface area contributed by atoms with Crippen molar-refractivity contribution in [3.8, 4) is 0 Å². The van der Waals surface area contributed by atoms with Gasteiger partial charge >= 0.3 is 5.97 Å². The monoisotopic (exact) mass is 228 g/mol. The van der Waals surface area contributed by atoms with E-state index in [9.17, 15) is 9.90 Å². The summed E-state index contributed by atoms with van der Waals surface area (Å²) in [6, 6.07) is 0. The normalized spacial score (nSPS) is 31.8. The van der Waals surface area contributed by atoms with Crippen LogP contribution in [0.1, 0.15) is 46.5 Å². The molecule has 3 nitrogen and oxygen atoms in total. The molecule has 0 aromatic heterocycles. The predicted molar refractivity (Wildman–Crippen MR) is 63.1 cm³/mol. The Kier molecular flexibility index (Phi) is 4.78. The smallest absolute Gasteiger partial charge is 0.306 e. The first-order valence-electron chi connectivity index (χ1n) is 6.34. The number of carbonyl (C=O) groups is 1. The van der Waals surface area contributed by atoms with Gasteiger partial charge in [-0.1, -0.05) is 33.6 Å². The van der Waals surface area contributed by atoms with Gasteiger partial charge in [-0.3, -0.25) is 4.79 Å². The van der Waals surface area contributed by atoms with Crippen LogP contribution in [-0.2, 0) is 4.79 Å². The van der Waals surface area contributed by atoms with E-state index < -0.39 is 18.0 Å². The van der Waals surface area contributed by atoms with Gasteiger partial charge in [0.15, 0.2) is 0 Å². The summed E-state index contributed by atoms with van der Waals surface area (Å²) in [6.45, 7) is 5.77. The van der Waals surface area contributed by atoms with Crippen LogP contribution in [0.4, 0.5) is 0 Å². The van der Waals surface area contributed by atoms with Crippen LogP contribution in [0.2, 0.25) is 0 Å². The molecular weight excluding hydrogens is 204 g/mol. The zero-order chi connectivity index (χ0) is 12.3. The van der Waals surface area contributed by atoms with Gasteiger partial charge in [0.05, 0.1) is 12.0 Å². The molecule has 0 heterocycles. The second kappa shape index (κ2) is 5.67. The summed E-state index contributed by atoms with van der Waals surface area (Å²) in [5.41, 5.74) is 0. The van der Waals surface area contributed by atoms with E-state index in [1.165, 1.54) is 0 Å². The Morgan fingerprint density at radius 2 is 1.69 bits per heavy atom. The molecule has 0 saturated heterocycles. The topological polar surface area (TPSA) is 57.5 Å². The first kappa shape index (κ1) is 13.5. The second-order valence-electron chi connectivity index (χ2n) is 5.50. The van der Waals surface area contributed by atoms with Crippen LogP contribution in [0.15, 0.2) is 0 Å². The van der Waals surface area contributed by atoms with Crippen LogP contribution in [0, 0.1) is 23.7 Å². The zero-order valence-corrected chi connectivity index (χ0v) is 10.5. The fourth-order valence-electron chi connectivity index (χ4n) is 2.58. The fraction of sp³-hybridized carbons (Fsp3) is 0.923. The third-order valence-electron chi connectivity index (χ3n) is 4.26. The molecule has 0 aliphatic heterocycles. The summed E-state index contributed by atoms with van der Waals surface area (Å²) in [5, 5.41) is 19.1. The molecule has 94 valence electrons. The molecule has 0 aromatic rings. The van der Waals surface area contributed by atoms with Crippen molar-refractivity contribution < 1.29 is 15.0 Å². The number of hydrogen-bond donors (Lipinski definition) is 2. The predicted octanol–water partition coefficient (Wildman–Crippen LogP) is 2.53. The SMILES string of the molecule is CC1CCC(C(O)C(C)C(C)C(=O)O)CC1. The quantitative estimate of drug-likeness (QED) is 0.777. The van der Waals surface area contributed by atoms with Crippen molar-refractivity contribution in [2.75, 3.05) is 0 Å². The van der Waals surface area contributed by atoms with Crippen LogP contribution in [0.3, 0.4) is 0 Å². The van der Waals surface area contributed by atoms with Crippen molar-refractivity contribution in [1.82, 2.24) is 0 Å². The third-order valence-corrected chi connectivity index (χ3v) is 4.26. The molecule has 3 atom stereocenters. The molecule has 1 saturated carbocycles. The number of hydrogen-bond acceptors (Lipinski definition) is 2. The Morgan fingerprint density at radius 3 is 2.12 bits per heavy atom. The molecule has 0 radical (unpaired) electrons. The molecule has 1 aliphatic carbocycles. The maximum absolute atomic E-state index is 10.9. The van der Waals surface area contributed by atoms with E-state index in [1.54, 1.807) is 6.92 Å². The van der Waals surface area contributed by atoms with E-state index in [2.05, 4.69) is 6.92 Å². The second-order valence-corrected chi connectivity index (χ2v) is 5.50. The highest BCUT2D eigenvalue weighted by atomic mass is 16.4. The standard InChI is InChI=1S/C13H24O3/c1-8-4-6-11(7-5-8)12(14)9(2)10(3)13(15)16/h8-12,14H,4-7H2,1-3H3,(H,15,16). The van der Waals surface area contributed by atoms with Gasteiger partial charge < -0.3 is 10.2 Å². The minimum atomic E-state index is -0.810. The minimum Gasteiger partial charge on any atom is -0.481 e. The average molecular weight is 228 g/mol. The molecule has 1 rings (SSSR count). The number of aliphatic carboxylic acids is 1. The highest BCUT2D eigenvalue weighted by Gasteiger charge is 2.33. The van der Waals surface area contributed by atoms with E-state index in [1.807, 2.05) is 6.92 Å². The number of aliphatic hydroxyl groups is 1. The molecule has 3 unspecified atom stereocenters. The van der Waals surface area contributed by atoms with Gasteiger partial charge in [-0.05, 0) is 30.6 Å². The van der Waals surface area contributed by atoms with Crippen LogP contribution >= 0.6 is 0 Å². The first-order valence-corrected chi connectivity index (χ1v) is 6.34. The van der Waals surface area contributed by atoms with Crippen molar-refractivity contribution in [2.24, 2.45) is 23.7 Å². The van der Waals surface area contributed by atoms with E-state index in [0.29, 0.717) is 5.92 Å². The number of carboxylic acid groups (broad SMARTS) is 1. The summed E-state index contributed by atoms with van der Waals surface area (Å²) in [5.74, 6) is -0.371. The lowest BCUT2D eigenvalue weighted by atomic mass is 9.75. The summed E-state index contributed by atoms with van der Waals surface area (Å²) >= 11 is 0. The van der Waals surface area contributed by atoms with E-state index in [4.69, 9.17) is 5.11 Å². The molecule has 1 fully saturated rings. The third kappa shape index (κ3) is 3.21. The van der Waals surface area contributed by atoms with Gasteiger partial charge in [-0.25, -0.2) is 0 Å². The van der Waals surface area contributed by atoms with Gasteiger partial charge in [0.25, 0.3) is 0 Å². The van der Waals surface area contributed by atoms with Crippen LogP contribution in [-0.4, -0.2) is 22.3 Å². The molecule has 0 amide bonds. The Balaban J connectivity index is 2.50. The molecule has 16 heavy (non-hydrogen) atoms. The molecule has 3 heteroatoms. The zero-order valence-electron chi connectivity index (χ0n) is 10.5. The molecule has 0 bridgehead atoms. The van der Waals surface area contributed by atoms with Gasteiger partial charge in [0.1, 0.15) is 0 Å².